The third-order valence-corrected chi connectivity index (χ3v) is 5.74. The highest BCUT2D eigenvalue weighted by Gasteiger charge is 2.25. The fourth-order valence-corrected chi connectivity index (χ4v) is 3.91. The van der Waals surface area contributed by atoms with Crippen molar-refractivity contribution >= 4 is 28.3 Å². The van der Waals surface area contributed by atoms with E-state index in [1.165, 1.54) is 12.1 Å². The number of aryl methyl sites for hydroxylation is 1. The van der Waals surface area contributed by atoms with Crippen molar-refractivity contribution in [2.24, 2.45) is 0 Å². The molecule has 1 aromatic carbocycles. The number of nitrogens with one attached hydrogen (secondary N) is 2. The van der Waals surface area contributed by atoms with Crippen molar-refractivity contribution in [3.63, 3.8) is 0 Å². The van der Waals surface area contributed by atoms with Crippen LogP contribution in [0.15, 0.2) is 23.1 Å². The highest BCUT2D eigenvalue weighted by molar-refractivity contribution is 7.89. The Bertz CT molecular complexity index is 679. The molecule has 2 N–H and O–H groups in total. The number of likely N-dealkylation sites (tertiary alicyclic amines) is 1. The van der Waals surface area contributed by atoms with Crippen LogP contribution < -0.4 is 10.0 Å². The predicted octanol–water partition coefficient (Wildman–Crippen LogP) is 1.54. The lowest BCUT2D eigenvalue weighted by Crippen LogP contribution is -2.47. The van der Waals surface area contributed by atoms with Crippen molar-refractivity contribution in [1.29, 1.82) is 0 Å². The summed E-state index contributed by atoms with van der Waals surface area (Å²) in [4.78, 5) is 14.7. The van der Waals surface area contributed by atoms with Crippen molar-refractivity contribution in [2.45, 2.75) is 37.6 Å². The minimum Gasteiger partial charge on any atom is -0.337 e. The molecule has 1 amide bonds. The predicted molar refractivity (Wildman–Crippen MR) is 97.3 cm³/mol. The van der Waals surface area contributed by atoms with Gasteiger partial charge in [0.25, 0.3) is 5.91 Å². The molecule has 8 heteroatoms. The molecule has 1 aliphatic heterocycles. The third-order valence-electron chi connectivity index (χ3n) is 4.20. The maximum atomic E-state index is 12.8. The summed E-state index contributed by atoms with van der Waals surface area (Å²) < 4.78 is 26.8. The van der Waals surface area contributed by atoms with E-state index in [1.807, 2.05) is 14.0 Å². The molecule has 6 nitrogen and oxygen atoms in total. The number of rotatable bonds is 5. The Kier molecular flexibility index (Phi) is 7.66. The Morgan fingerprint density at radius 1 is 1.38 bits per heavy atom. The van der Waals surface area contributed by atoms with Gasteiger partial charge in [-0.1, -0.05) is 13.0 Å². The van der Waals surface area contributed by atoms with Gasteiger partial charge >= 0.3 is 0 Å². The van der Waals surface area contributed by atoms with Gasteiger partial charge in [-0.05, 0) is 44.5 Å². The second kappa shape index (κ2) is 8.80. The molecule has 1 fully saturated rings. The first kappa shape index (κ1) is 20.9. The van der Waals surface area contributed by atoms with Gasteiger partial charge in [-0.2, -0.15) is 0 Å². The molecule has 0 radical (unpaired) electrons. The molecule has 1 aliphatic rings. The summed E-state index contributed by atoms with van der Waals surface area (Å²) >= 11 is 0. The number of benzene rings is 1. The van der Waals surface area contributed by atoms with Crippen molar-refractivity contribution in [2.75, 3.05) is 26.7 Å². The molecule has 0 bridgehead atoms. The highest BCUT2D eigenvalue weighted by Crippen LogP contribution is 2.20. The molecule has 0 aliphatic carbocycles. The average molecular weight is 376 g/mol. The first-order valence-corrected chi connectivity index (χ1v) is 9.44. The van der Waals surface area contributed by atoms with Crippen LogP contribution in [0.3, 0.4) is 0 Å². The quantitative estimate of drug-likeness (QED) is 0.818. The number of carbonyl (C=O) groups excluding carboxylic acids is 1. The number of carbonyl (C=O) groups is 1. The first-order valence-electron chi connectivity index (χ1n) is 7.96. The van der Waals surface area contributed by atoms with Gasteiger partial charge in [0.2, 0.25) is 10.0 Å². The molecule has 0 aromatic heterocycles. The fraction of sp³-hybridized carbons (Fsp3) is 0.562. The standard InChI is InChI=1S/C16H25N3O3S.ClH/c1-4-18-23(21,22)14-8-7-12(2)15(10-14)16(20)19-9-5-6-13(11-19)17-3;/h7-8,10,13,17-18H,4-6,9,11H2,1-3H3;1H. The van der Waals surface area contributed by atoms with Crippen LogP contribution in [0.4, 0.5) is 0 Å². The largest absolute Gasteiger partial charge is 0.337 e. The van der Waals surface area contributed by atoms with Crippen LogP contribution in [0.1, 0.15) is 35.7 Å². The number of piperidine rings is 1. The molecule has 136 valence electrons. The summed E-state index contributed by atoms with van der Waals surface area (Å²) in [7, 11) is -1.67. The normalized spacial score (nSPS) is 18.1. The second-order valence-corrected chi connectivity index (χ2v) is 7.62. The van der Waals surface area contributed by atoms with E-state index in [2.05, 4.69) is 10.0 Å². The molecule has 0 spiro atoms. The van der Waals surface area contributed by atoms with Gasteiger partial charge in [0.15, 0.2) is 0 Å². The highest BCUT2D eigenvalue weighted by atomic mass is 35.5. The van der Waals surface area contributed by atoms with Gasteiger partial charge in [-0.3, -0.25) is 4.79 Å². The maximum Gasteiger partial charge on any atom is 0.254 e. The number of likely N-dealkylation sites (N-methyl/N-ethyl adjacent to an activating group) is 1. The minimum absolute atomic E-state index is 0. The van der Waals surface area contributed by atoms with Gasteiger partial charge in [-0.25, -0.2) is 13.1 Å². The molecular weight excluding hydrogens is 350 g/mol. The van der Waals surface area contributed by atoms with Crippen molar-refractivity contribution < 1.29 is 13.2 Å². The first-order chi connectivity index (χ1) is 10.9. The summed E-state index contributed by atoms with van der Waals surface area (Å²) in [5.41, 5.74) is 1.25. The monoisotopic (exact) mass is 375 g/mol. The van der Waals surface area contributed by atoms with Crippen LogP contribution in [0.25, 0.3) is 0 Å². The summed E-state index contributed by atoms with van der Waals surface area (Å²) in [6, 6.07) is 5.01. The van der Waals surface area contributed by atoms with Crippen molar-refractivity contribution in [3.05, 3.63) is 29.3 Å². The smallest absolute Gasteiger partial charge is 0.254 e. The molecule has 1 saturated heterocycles. The van der Waals surface area contributed by atoms with E-state index in [9.17, 15) is 13.2 Å². The Labute approximate surface area is 150 Å². The average Bonchev–Trinajstić information content (AvgIpc) is 2.54. The van der Waals surface area contributed by atoms with E-state index < -0.39 is 10.0 Å². The van der Waals surface area contributed by atoms with E-state index >= 15 is 0 Å². The van der Waals surface area contributed by atoms with Crippen molar-refractivity contribution in [3.8, 4) is 0 Å². The topological polar surface area (TPSA) is 78.5 Å². The summed E-state index contributed by atoms with van der Waals surface area (Å²) in [5, 5.41) is 3.21. The summed E-state index contributed by atoms with van der Waals surface area (Å²) in [6.07, 6.45) is 2.00. The Hall–Kier alpha value is -1.15. The van der Waals surface area contributed by atoms with Gasteiger partial charge < -0.3 is 10.2 Å². The number of amides is 1. The number of nitrogens with zero attached hydrogens (tertiary/aromatic N) is 1. The molecule has 1 atom stereocenters. The Morgan fingerprint density at radius 3 is 2.71 bits per heavy atom. The Balaban J connectivity index is 0.00000288. The molecule has 1 heterocycles. The SMILES string of the molecule is CCNS(=O)(=O)c1ccc(C)c(C(=O)N2CCCC(NC)C2)c1.Cl. The lowest BCUT2D eigenvalue weighted by Gasteiger charge is -2.33. The fourth-order valence-electron chi connectivity index (χ4n) is 2.84. The van der Waals surface area contributed by atoms with Gasteiger partial charge in [0, 0.05) is 31.2 Å². The van der Waals surface area contributed by atoms with Crippen LogP contribution in [-0.2, 0) is 10.0 Å². The second-order valence-electron chi connectivity index (χ2n) is 5.86. The lowest BCUT2D eigenvalue weighted by molar-refractivity contribution is 0.0697. The lowest BCUT2D eigenvalue weighted by atomic mass is 10.0. The van der Waals surface area contributed by atoms with E-state index in [-0.39, 0.29) is 23.2 Å². The number of sulfonamides is 1. The van der Waals surface area contributed by atoms with Crippen LogP contribution in [0, 0.1) is 6.92 Å². The van der Waals surface area contributed by atoms with Crippen LogP contribution in [0.5, 0.6) is 0 Å². The van der Waals surface area contributed by atoms with Crippen LogP contribution in [0.2, 0.25) is 0 Å². The summed E-state index contributed by atoms with van der Waals surface area (Å²) in [5.74, 6) is -0.101. The van der Waals surface area contributed by atoms with Crippen LogP contribution >= 0.6 is 12.4 Å². The van der Waals surface area contributed by atoms with Crippen LogP contribution in [-0.4, -0.2) is 51.9 Å². The maximum absolute atomic E-state index is 12.8. The molecular formula is C16H26ClN3O3S. The third kappa shape index (κ3) is 4.69. The zero-order chi connectivity index (χ0) is 17.0. The van der Waals surface area contributed by atoms with Gasteiger partial charge in [-0.15, -0.1) is 12.4 Å². The summed E-state index contributed by atoms with van der Waals surface area (Å²) in [6.45, 7) is 5.23. The minimum atomic E-state index is -3.56. The zero-order valence-corrected chi connectivity index (χ0v) is 16.0. The molecule has 2 rings (SSSR count). The van der Waals surface area contributed by atoms with Crippen molar-refractivity contribution in [1.82, 2.24) is 14.9 Å². The molecule has 0 saturated carbocycles. The van der Waals surface area contributed by atoms with E-state index in [0.29, 0.717) is 31.2 Å². The van der Waals surface area contributed by atoms with Gasteiger partial charge in [0.05, 0.1) is 4.90 Å². The van der Waals surface area contributed by atoms with Gasteiger partial charge in [0.1, 0.15) is 0 Å². The molecule has 24 heavy (non-hydrogen) atoms. The number of hydrogen-bond donors (Lipinski definition) is 2. The number of halogens is 1. The van der Waals surface area contributed by atoms with E-state index in [0.717, 1.165) is 18.4 Å². The van der Waals surface area contributed by atoms with E-state index in [1.54, 1.807) is 17.9 Å². The Morgan fingerprint density at radius 2 is 2.08 bits per heavy atom. The number of hydrogen-bond acceptors (Lipinski definition) is 4. The molecule has 1 unspecified atom stereocenters. The zero-order valence-electron chi connectivity index (χ0n) is 14.3. The van der Waals surface area contributed by atoms with E-state index in [4.69, 9.17) is 0 Å². The molecule has 1 aromatic rings.